The molecule has 0 aromatic carbocycles. The first kappa shape index (κ1) is 9.13. The van der Waals surface area contributed by atoms with Crippen molar-refractivity contribution in [3.8, 4) is 0 Å². The van der Waals surface area contributed by atoms with Crippen LogP contribution in [0, 0.1) is 0 Å². The van der Waals surface area contributed by atoms with E-state index in [9.17, 15) is 0 Å². The van der Waals surface area contributed by atoms with Gasteiger partial charge in [-0.3, -0.25) is 4.90 Å². The maximum Gasteiger partial charge on any atom is 0.0622 e. The molecule has 3 fully saturated rings. The minimum absolute atomic E-state index is 0.733. The molecule has 3 rings (SSSR count). The Balaban J connectivity index is 1.61. The Labute approximate surface area is 85.8 Å². The summed E-state index contributed by atoms with van der Waals surface area (Å²) >= 11 is 0. The first-order valence-electron chi connectivity index (χ1n) is 6.00. The summed E-state index contributed by atoms with van der Waals surface area (Å²) in [6.07, 6.45) is 5.45. The van der Waals surface area contributed by atoms with Gasteiger partial charge >= 0.3 is 0 Å². The van der Waals surface area contributed by atoms with E-state index in [1.165, 1.54) is 38.8 Å². The molecule has 2 bridgehead atoms. The van der Waals surface area contributed by atoms with E-state index in [1.807, 2.05) is 0 Å². The van der Waals surface area contributed by atoms with Crippen LogP contribution in [0.4, 0.5) is 0 Å². The molecule has 0 aromatic rings. The van der Waals surface area contributed by atoms with Crippen LogP contribution in [-0.4, -0.2) is 49.3 Å². The smallest absolute Gasteiger partial charge is 0.0622 e. The Morgan fingerprint density at radius 1 is 1.14 bits per heavy atom. The fourth-order valence-corrected chi connectivity index (χ4v) is 3.18. The highest BCUT2D eigenvalue weighted by Crippen LogP contribution is 2.29. The van der Waals surface area contributed by atoms with Crippen molar-refractivity contribution in [1.82, 2.24) is 10.2 Å². The molecule has 0 aliphatic carbocycles. The molecule has 3 atom stereocenters. The lowest BCUT2D eigenvalue weighted by Gasteiger charge is -2.36. The first-order valence-corrected chi connectivity index (χ1v) is 6.00. The molecule has 3 saturated heterocycles. The van der Waals surface area contributed by atoms with Crippen molar-refractivity contribution in [3.05, 3.63) is 0 Å². The van der Waals surface area contributed by atoms with Crippen molar-refractivity contribution < 1.29 is 4.74 Å². The van der Waals surface area contributed by atoms with Gasteiger partial charge in [0, 0.05) is 24.7 Å². The van der Waals surface area contributed by atoms with Crippen LogP contribution in [0.5, 0.6) is 0 Å². The monoisotopic (exact) mass is 196 g/mol. The van der Waals surface area contributed by atoms with Crippen LogP contribution in [0.1, 0.15) is 25.7 Å². The molecule has 3 heterocycles. The Hall–Kier alpha value is -0.120. The summed E-state index contributed by atoms with van der Waals surface area (Å²) in [5.41, 5.74) is 0. The van der Waals surface area contributed by atoms with Gasteiger partial charge in [-0.15, -0.1) is 0 Å². The molecule has 14 heavy (non-hydrogen) atoms. The third-order valence-electron chi connectivity index (χ3n) is 3.99. The molecule has 3 heteroatoms. The predicted octanol–water partition coefficient (Wildman–Crippen LogP) is 0.602. The van der Waals surface area contributed by atoms with Crippen LogP contribution < -0.4 is 5.32 Å². The third-order valence-corrected chi connectivity index (χ3v) is 3.99. The van der Waals surface area contributed by atoms with E-state index in [4.69, 9.17) is 4.74 Å². The summed E-state index contributed by atoms with van der Waals surface area (Å²) < 4.78 is 5.59. The summed E-state index contributed by atoms with van der Waals surface area (Å²) in [7, 11) is 0. The zero-order valence-corrected chi connectivity index (χ0v) is 8.74. The molecule has 3 aliphatic rings. The average molecular weight is 196 g/mol. The van der Waals surface area contributed by atoms with Gasteiger partial charge in [-0.25, -0.2) is 0 Å². The van der Waals surface area contributed by atoms with Crippen LogP contribution in [0.15, 0.2) is 0 Å². The van der Waals surface area contributed by atoms with Gasteiger partial charge in [-0.1, -0.05) is 0 Å². The zero-order chi connectivity index (χ0) is 9.38. The second kappa shape index (κ2) is 3.80. The van der Waals surface area contributed by atoms with Crippen LogP contribution >= 0.6 is 0 Å². The van der Waals surface area contributed by atoms with Crippen molar-refractivity contribution in [1.29, 1.82) is 0 Å². The number of rotatable bonds is 2. The van der Waals surface area contributed by atoms with Gasteiger partial charge in [-0.05, 0) is 32.2 Å². The minimum atomic E-state index is 0.733. The Kier molecular flexibility index (Phi) is 2.48. The van der Waals surface area contributed by atoms with Gasteiger partial charge in [0.1, 0.15) is 0 Å². The molecular weight excluding hydrogens is 176 g/mol. The van der Waals surface area contributed by atoms with Crippen molar-refractivity contribution in [2.45, 2.75) is 43.8 Å². The van der Waals surface area contributed by atoms with Crippen molar-refractivity contribution in [3.63, 3.8) is 0 Å². The SMILES string of the molecule is C1CNC(CN2C3CCC2COC3)C1. The van der Waals surface area contributed by atoms with E-state index in [-0.39, 0.29) is 0 Å². The molecule has 3 nitrogen and oxygen atoms in total. The molecule has 3 aliphatic heterocycles. The highest BCUT2D eigenvalue weighted by molar-refractivity contribution is 4.93. The second-order valence-corrected chi connectivity index (χ2v) is 4.91. The van der Waals surface area contributed by atoms with E-state index < -0.39 is 0 Å². The number of hydrogen-bond acceptors (Lipinski definition) is 3. The number of morpholine rings is 1. The van der Waals surface area contributed by atoms with Crippen molar-refractivity contribution >= 4 is 0 Å². The van der Waals surface area contributed by atoms with E-state index in [0.717, 1.165) is 31.3 Å². The maximum absolute atomic E-state index is 5.59. The Morgan fingerprint density at radius 2 is 1.93 bits per heavy atom. The van der Waals surface area contributed by atoms with Crippen LogP contribution in [-0.2, 0) is 4.74 Å². The number of ether oxygens (including phenoxy) is 1. The van der Waals surface area contributed by atoms with Crippen LogP contribution in [0.2, 0.25) is 0 Å². The molecule has 0 spiro atoms. The number of hydrogen-bond donors (Lipinski definition) is 1. The summed E-state index contributed by atoms with van der Waals surface area (Å²) in [5, 5.41) is 3.59. The first-order chi connectivity index (χ1) is 6.93. The normalized spacial score (nSPS) is 43.3. The van der Waals surface area contributed by atoms with E-state index in [2.05, 4.69) is 10.2 Å². The number of fused-ring (bicyclic) bond motifs is 2. The standard InChI is InChI=1S/C11H20N2O/c1-2-9(12-5-1)6-13-10-3-4-11(13)8-14-7-10/h9-12H,1-8H2. The maximum atomic E-state index is 5.59. The summed E-state index contributed by atoms with van der Waals surface area (Å²) in [6, 6.07) is 2.23. The highest BCUT2D eigenvalue weighted by atomic mass is 16.5. The summed E-state index contributed by atoms with van der Waals surface area (Å²) in [6.45, 7) is 4.44. The molecule has 0 aromatic heterocycles. The van der Waals surface area contributed by atoms with Gasteiger partial charge in [0.05, 0.1) is 13.2 Å². The molecule has 1 N–H and O–H groups in total. The molecule has 0 radical (unpaired) electrons. The lowest BCUT2D eigenvalue weighted by atomic mass is 10.1. The van der Waals surface area contributed by atoms with Crippen LogP contribution in [0.3, 0.4) is 0 Å². The molecule has 0 amide bonds. The minimum Gasteiger partial charge on any atom is -0.378 e. The predicted molar refractivity (Wildman–Crippen MR) is 55.4 cm³/mol. The van der Waals surface area contributed by atoms with E-state index in [1.54, 1.807) is 0 Å². The third kappa shape index (κ3) is 1.58. The van der Waals surface area contributed by atoms with E-state index >= 15 is 0 Å². The molecular formula is C11H20N2O. The van der Waals surface area contributed by atoms with Crippen molar-refractivity contribution in [2.75, 3.05) is 26.3 Å². The highest BCUT2D eigenvalue weighted by Gasteiger charge is 2.38. The second-order valence-electron chi connectivity index (χ2n) is 4.91. The fourth-order valence-electron chi connectivity index (χ4n) is 3.18. The summed E-state index contributed by atoms with van der Waals surface area (Å²) in [4.78, 5) is 2.70. The topological polar surface area (TPSA) is 24.5 Å². The number of nitrogens with one attached hydrogen (secondary N) is 1. The zero-order valence-electron chi connectivity index (χ0n) is 8.74. The quantitative estimate of drug-likeness (QED) is 0.700. The molecule has 80 valence electrons. The summed E-state index contributed by atoms with van der Waals surface area (Å²) in [5.74, 6) is 0. The van der Waals surface area contributed by atoms with Gasteiger partial charge in [0.15, 0.2) is 0 Å². The van der Waals surface area contributed by atoms with Gasteiger partial charge in [0.25, 0.3) is 0 Å². The van der Waals surface area contributed by atoms with E-state index in [0.29, 0.717) is 0 Å². The Morgan fingerprint density at radius 3 is 2.57 bits per heavy atom. The van der Waals surface area contributed by atoms with Crippen molar-refractivity contribution in [2.24, 2.45) is 0 Å². The number of nitrogens with zero attached hydrogens (tertiary/aromatic N) is 1. The lowest BCUT2D eigenvalue weighted by Crippen LogP contribution is -2.50. The lowest BCUT2D eigenvalue weighted by molar-refractivity contribution is -0.0176. The van der Waals surface area contributed by atoms with Gasteiger partial charge in [-0.2, -0.15) is 0 Å². The van der Waals surface area contributed by atoms with Crippen LogP contribution in [0.25, 0.3) is 0 Å². The molecule has 3 unspecified atom stereocenters. The Bertz CT molecular complexity index is 187. The largest absolute Gasteiger partial charge is 0.378 e. The molecule has 0 saturated carbocycles. The van der Waals surface area contributed by atoms with Gasteiger partial charge in [0.2, 0.25) is 0 Å². The fraction of sp³-hybridized carbons (Fsp3) is 1.00. The average Bonchev–Trinajstić information content (AvgIpc) is 2.75. The van der Waals surface area contributed by atoms with Gasteiger partial charge < -0.3 is 10.1 Å².